The summed E-state index contributed by atoms with van der Waals surface area (Å²) >= 11 is 0. The molecule has 0 fully saturated rings. The molecule has 1 rings (SSSR count). The van der Waals surface area contributed by atoms with Crippen LogP contribution in [0.2, 0.25) is 0 Å². The first-order valence-corrected chi connectivity index (χ1v) is 7.26. The Morgan fingerprint density at radius 2 is 1.91 bits per heavy atom. The van der Waals surface area contributed by atoms with Crippen molar-refractivity contribution in [3.63, 3.8) is 0 Å². The molecule has 0 saturated carbocycles. The number of nitrogens with one attached hydrogen (secondary N) is 1. The van der Waals surface area contributed by atoms with Gasteiger partial charge in [0, 0.05) is 13.2 Å². The predicted molar refractivity (Wildman–Crippen MR) is 82.4 cm³/mol. The standard InChI is InChI=1S/C16H25NO5/c1-16(2,3)22-15(21)17-10-13(19)14(20)12-7-5-4-6-11(12)8-9-18/h4-7,13-14,18-20H,8-10H2,1-3H3,(H,17,21). The molecule has 4 N–H and O–H groups in total. The maximum atomic E-state index is 11.5. The van der Waals surface area contributed by atoms with Gasteiger partial charge >= 0.3 is 6.09 Å². The highest BCUT2D eigenvalue weighted by Crippen LogP contribution is 2.21. The van der Waals surface area contributed by atoms with Crippen LogP contribution < -0.4 is 5.32 Å². The van der Waals surface area contributed by atoms with E-state index in [-0.39, 0.29) is 13.2 Å². The summed E-state index contributed by atoms with van der Waals surface area (Å²) in [7, 11) is 0. The summed E-state index contributed by atoms with van der Waals surface area (Å²) in [6, 6.07) is 7.01. The van der Waals surface area contributed by atoms with E-state index >= 15 is 0 Å². The van der Waals surface area contributed by atoms with E-state index in [1.807, 2.05) is 0 Å². The van der Waals surface area contributed by atoms with E-state index in [9.17, 15) is 15.0 Å². The molecule has 0 aliphatic rings. The monoisotopic (exact) mass is 311 g/mol. The second-order valence-electron chi connectivity index (χ2n) is 6.07. The van der Waals surface area contributed by atoms with Crippen molar-refractivity contribution >= 4 is 6.09 Å². The van der Waals surface area contributed by atoms with E-state index < -0.39 is 23.9 Å². The molecule has 2 atom stereocenters. The van der Waals surface area contributed by atoms with E-state index in [2.05, 4.69) is 5.32 Å². The van der Waals surface area contributed by atoms with Crippen LogP contribution in [-0.4, -0.2) is 46.3 Å². The van der Waals surface area contributed by atoms with Gasteiger partial charge in [-0.3, -0.25) is 0 Å². The summed E-state index contributed by atoms with van der Waals surface area (Å²) in [5.74, 6) is 0. The lowest BCUT2D eigenvalue weighted by Gasteiger charge is -2.23. The second-order valence-corrected chi connectivity index (χ2v) is 6.07. The van der Waals surface area contributed by atoms with E-state index in [0.29, 0.717) is 12.0 Å². The summed E-state index contributed by atoms with van der Waals surface area (Å²) in [4.78, 5) is 11.5. The highest BCUT2D eigenvalue weighted by molar-refractivity contribution is 5.67. The lowest BCUT2D eigenvalue weighted by Crippen LogP contribution is -2.39. The largest absolute Gasteiger partial charge is 0.444 e. The minimum atomic E-state index is -1.17. The zero-order valence-corrected chi connectivity index (χ0v) is 13.2. The van der Waals surface area contributed by atoms with Crippen molar-refractivity contribution in [2.45, 2.75) is 45.0 Å². The van der Waals surface area contributed by atoms with Crippen LogP contribution >= 0.6 is 0 Å². The smallest absolute Gasteiger partial charge is 0.407 e. The van der Waals surface area contributed by atoms with Crippen LogP contribution in [0.3, 0.4) is 0 Å². The number of hydrogen-bond acceptors (Lipinski definition) is 5. The quantitative estimate of drug-likeness (QED) is 0.631. The SMILES string of the molecule is CC(C)(C)OC(=O)NCC(O)C(O)c1ccccc1CCO. The van der Waals surface area contributed by atoms with Crippen LogP contribution in [0.5, 0.6) is 0 Å². The molecule has 0 heterocycles. The minimum absolute atomic E-state index is 0.0456. The van der Waals surface area contributed by atoms with Crippen LogP contribution in [0, 0.1) is 0 Å². The Morgan fingerprint density at radius 3 is 2.50 bits per heavy atom. The van der Waals surface area contributed by atoms with Crippen molar-refractivity contribution in [3.05, 3.63) is 35.4 Å². The number of benzene rings is 1. The lowest BCUT2D eigenvalue weighted by atomic mass is 9.97. The Hall–Kier alpha value is -1.63. The molecular formula is C16H25NO5. The Morgan fingerprint density at radius 1 is 1.27 bits per heavy atom. The Kier molecular flexibility index (Phi) is 6.80. The summed E-state index contributed by atoms with van der Waals surface area (Å²) in [6.45, 7) is 5.04. The van der Waals surface area contributed by atoms with Gasteiger partial charge in [-0.2, -0.15) is 0 Å². The van der Waals surface area contributed by atoms with Gasteiger partial charge in [0.1, 0.15) is 17.8 Å². The van der Waals surface area contributed by atoms with Gasteiger partial charge in [-0.1, -0.05) is 24.3 Å². The molecule has 0 aliphatic heterocycles. The molecular weight excluding hydrogens is 286 g/mol. The number of carbonyl (C=O) groups excluding carboxylic acids is 1. The van der Waals surface area contributed by atoms with Crippen LogP contribution in [0.25, 0.3) is 0 Å². The molecule has 124 valence electrons. The number of ether oxygens (including phenoxy) is 1. The number of hydrogen-bond donors (Lipinski definition) is 4. The van der Waals surface area contributed by atoms with Gasteiger partial charge in [0.25, 0.3) is 0 Å². The predicted octanol–water partition coefficient (Wildman–Crippen LogP) is 1.14. The third-order valence-corrected chi connectivity index (χ3v) is 2.97. The number of aliphatic hydroxyl groups is 3. The molecule has 0 aromatic heterocycles. The molecule has 6 nitrogen and oxygen atoms in total. The fourth-order valence-electron chi connectivity index (χ4n) is 1.99. The van der Waals surface area contributed by atoms with Crippen molar-refractivity contribution < 1.29 is 24.9 Å². The summed E-state index contributed by atoms with van der Waals surface area (Å²) < 4.78 is 5.06. The second kappa shape index (κ2) is 8.12. The molecule has 6 heteroatoms. The van der Waals surface area contributed by atoms with Gasteiger partial charge in [-0.25, -0.2) is 4.79 Å². The molecule has 1 amide bonds. The molecule has 0 saturated heterocycles. The number of aliphatic hydroxyl groups excluding tert-OH is 3. The summed E-state index contributed by atoms with van der Waals surface area (Å²) in [5, 5.41) is 31.7. The maximum Gasteiger partial charge on any atom is 0.407 e. The van der Waals surface area contributed by atoms with Gasteiger partial charge in [0.15, 0.2) is 0 Å². The van der Waals surface area contributed by atoms with Gasteiger partial charge in [0.2, 0.25) is 0 Å². The fraction of sp³-hybridized carbons (Fsp3) is 0.562. The summed E-state index contributed by atoms with van der Waals surface area (Å²) in [6.07, 6.45) is -2.59. The zero-order chi connectivity index (χ0) is 16.8. The Labute approximate surface area is 130 Å². The van der Waals surface area contributed by atoms with Gasteiger partial charge in [-0.15, -0.1) is 0 Å². The van der Waals surface area contributed by atoms with Crippen LogP contribution in [0.4, 0.5) is 4.79 Å². The average Bonchev–Trinajstić information content (AvgIpc) is 2.43. The van der Waals surface area contributed by atoms with Crippen molar-refractivity contribution in [1.82, 2.24) is 5.32 Å². The Bertz CT molecular complexity index is 484. The molecule has 1 aromatic carbocycles. The Balaban J connectivity index is 2.62. The van der Waals surface area contributed by atoms with Crippen LogP contribution in [0.1, 0.15) is 38.0 Å². The molecule has 1 aromatic rings. The first-order chi connectivity index (χ1) is 10.2. The van der Waals surface area contributed by atoms with E-state index in [4.69, 9.17) is 9.84 Å². The first kappa shape index (κ1) is 18.4. The number of amides is 1. The number of alkyl carbamates (subject to hydrolysis) is 1. The molecule has 0 bridgehead atoms. The van der Waals surface area contributed by atoms with E-state index in [1.165, 1.54) is 0 Å². The summed E-state index contributed by atoms with van der Waals surface area (Å²) in [5.41, 5.74) is 0.672. The minimum Gasteiger partial charge on any atom is -0.444 e. The van der Waals surface area contributed by atoms with Crippen molar-refractivity contribution in [1.29, 1.82) is 0 Å². The lowest BCUT2D eigenvalue weighted by molar-refractivity contribution is 0.0125. The average molecular weight is 311 g/mol. The maximum absolute atomic E-state index is 11.5. The van der Waals surface area contributed by atoms with Crippen LogP contribution in [0.15, 0.2) is 24.3 Å². The number of rotatable bonds is 6. The molecule has 22 heavy (non-hydrogen) atoms. The van der Waals surface area contributed by atoms with Gasteiger partial charge < -0.3 is 25.4 Å². The highest BCUT2D eigenvalue weighted by Gasteiger charge is 2.22. The number of carbonyl (C=O) groups is 1. The van der Waals surface area contributed by atoms with Gasteiger partial charge in [-0.05, 0) is 38.3 Å². The topological polar surface area (TPSA) is 99.0 Å². The zero-order valence-electron chi connectivity index (χ0n) is 13.2. The molecule has 0 spiro atoms. The van der Waals surface area contributed by atoms with Gasteiger partial charge in [0.05, 0.1) is 0 Å². The van der Waals surface area contributed by atoms with E-state index in [0.717, 1.165) is 5.56 Å². The third kappa shape index (κ3) is 6.01. The molecule has 0 aliphatic carbocycles. The van der Waals surface area contributed by atoms with Crippen molar-refractivity contribution in [2.75, 3.05) is 13.2 Å². The molecule has 0 radical (unpaired) electrons. The fourth-order valence-corrected chi connectivity index (χ4v) is 1.99. The third-order valence-electron chi connectivity index (χ3n) is 2.97. The normalized spacial score (nSPS) is 14.3. The van der Waals surface area contributed by atoms with Crippen molar-refractivity contribution in [2.24, 2.45) is 0 Å². The first-order valence-electron chi connectivity index (χ1n) is 7.26. The van der Waals surface area contributed by atoms with E-state index in [1.54, 1.807) is 45.0 Å². The molecule has 2 unspecified atom stereocenters. The van der Waals surface area contributed by atoms with Crippen LogP contribution in [-0.2, 0) is 11.2 Å². The van der Waals surface area contributed by atoms with Crippen molar-refractivity contribution in [3.8, 4) is 0 Å². The highest BCUT2D eigenvalue weighted by atomic mass is 16.6.